The highest BCUT2D eigenvalue weighted by molar-refractivity contribution is 8.18. The third-order valence-corrected chi connectivity index (χ3v) is 3.47. The van der Waals surface area contributed by atoms with Gasteiger partial charge in [-0.15, -0.1) is 0 Å². The molecule has 2 amide bonds. The number of carbonyl (C=O) groups excluding carboxylic acids is 2. The van der Waals surface area contributed by atoms with E-state index in [1.54, 1.807) is 13.0 Å². The molecule has 1 aromatic carbocycles. The fraction of sp³-hybridized carbons (Fsp3) is 0.231. The number of rotatable bonds is 2. The molecule has 0 unspecified atom stereocenters. The highest BCUT2D eigenvalue weighted by Crippen LogP contribution is 2.31. The van der Waals surface area contributed by atoms with E-state index in [4.69, 9.17) is 0 Å². The maximum absolute atomic E-state index is 11.8. The van der Waals surface area contributed by atoms with Gasteiger partial charge in [-0.1, -0.05) is 29.8 Å². The van der Waals surface area contributed by atoms with Gasteiger partial charge in [-0.2, -0.15) is 0 Å². The Morgan fingerprint density at radius 2 is 1.88 bits per heavy atom. The largest absolute Gasteiger partial charge is 0.293 e. The Bertz CT molecular complexity index is 491. The summed E-state index contributed by atoms with van der Waals surface area (Å²) in [7, 11) is 0. The molecule has 1 aromatic rings. The second-order valence-corrected chi connectivity index (χ2v) is 4.83. The van der Waals surface area contributed by atoms with E-state index in [0.717, 1.165) is 17.3 Å². The molecule has 1 aliphatic heterocycles. The van der Waals surface area contributed by atoms with Gasteiger partial charge in [0.25, 0.3) is 11.1 Å². The van der Waals surface area contributed by atoms with E-state index >= 15 is 0 Å². The van der Waals surface area contributed by atoms with Gasteiger partial charge in [0, 0.05) is 6.54 Å². The monoisotopic (exact) mass is 247 g/mol. The maximum Gasteiger partial charge on any atom is 0.293 e. The molecule has 0 aliphatic carbocycles. The van der Waals surface area contributed by atoms with E-state index in [9.17, 15) is 9.59 Å². The van der Waals surface area contributed by atoms with Gasteiger partial charge in [-0.25, -0.2) is 0 Å². The summed E-state index contributed by atoms with van der Waals surface area (Å²) in [6.07, 6.45) is 1.76. The van der Waals surface area contributed by atoms with Gasteiger partial charge < -0.3 is 0 Å². The molecule has 1 aliphatic rings. The van der Waals surface area contributed by atoms with Crippen molar-refractivity contribution in [1.29, 1.82) is 0 Å². The molecule has 0 atom stereocenters. The smallest absolute Gasteiger partial charge is 0.269 e. The Balaban J connectivity index is 2.27. The van der Waals surface area contributed by atoms with Crippen molar-refractivity contribution in [3.05, 3.63) is 40.3 Å². The lowest BCUT2D eigenvalue weighted by Crippen LogP contribution is -2.27. The number of aryl methyl sites for hydroxylation is 1. The minimum Gasteiger partial charge on any atom is -0.269 e. The van der Waals surface area contributed by atoms with Crippen molar-refractivity contribution in [3.63, 3.8) is 0 Å². The molecule has 1 heterocycles. The number of nitrogens with zero attached hydrogens (tertiary/aromatic N) is 1. The lowest BCUT2D eigenvalue weighted by molar-refractivity contribution is -0.122. The molecule has 17 heavy (non-hydrogen) atoms. The van der Waals surface area contributed by atoms with Crippen LogP contribution in [0.3, 0.4) is 0 Å². The summed E-state index contributed by atoms with van der Waals surface area (Å²) in [5.74, 6) is -0.192. The van der Waals surface area contributed by atoms with Crippen LogP contribution in [0.15, 0.2) is 29.2 Å². The lowest BCUT2D eigenvalue weighted by Gasteiger charge is -2.06. The van der Waals surface area contributed by atoms with Gasteiger partial charge in [0.2, 0.25) is 0 Å². The number of hydrogen-bond acceptors (Lipinski definition) is 3. The molecule has 4 heteroatoms. The van der Waals surface area contributed by atoms with Crippen molar-refractivity contribution >= 4 is 29.0 Å². The minimum atomic E-state index is -0.192. The first-order valence-corrected chi connectivity index (χ1v) is 6.25. The Hall–Kier alpha value is -1.55. The van der Waals surface area contributed by atoms with E-state index in [-0.39, 0.29) is 11.1 Å². The van der Waals surface area contributed by atoms with Gasteiger partial charge >= 0.3 is 0 Å². The topological polar surface area (TPSA) is 37.4 Å². The summed E-state index contributed by atoms with van der Waals surface area (Å²) in [5, 5.41) is -0.184. The standard InChI is InChI=1S/C13H13NO2S/c1-3-14-12(15)11(17-13(14)16)8-10-6-4-9(2)5-7-10/h4-8H,3H2,1-2H3. The second kappa shape index (κ2) is 4.75. The van der Waals surface area contributed by atoms with Gasteiger partial charge in [0.05, 0.1) is 4.91 Å². The average Bonchev–Trinajstić information content (AvgIpc) is 2.57. The zero-order valence-electron chi connectivity index (χ0n) is 9.77. The van der Waals surface area contributed by atoms with Crippen molar-refractivity contribution in [1.82, 2.24) is 4.90 Å². The van der Waals surface area contributed by atoms with E-state index < -0.39 is 0 Å². The van der Waals surface area contributed by atoms with Crippen LogP contribution in [-0.2, 0) is 4.79 Å². The first-order valence-electron chi connectivity index (χ1n) is 5.44. The van der Waals surface area contributed by atoms with E-state index in [1.807, 2.05) is 31.2 Å². The van der Waals surface area contributed by atoms with Gasteiger partial charge in [0.15, 0.2) is 0 Å². The molecule has 3 nitrogen and oxygen atoms in total. The number of thioether (sulfide) groups is 1. The normalized spacial score (nSPS) is 18.2. The van der Waals surface area contributed by atoms with Crippen LogP contribution in [0.25, 0.3) is 6.08 Å². The molecule has 0 spiro atoms. The summed E-state index contributed by atoms with van der Waals surface area (Å²) >= 11 is 1.00. The van der Waals surface area contributed by atoms with Crippen LogP contribution < -0.4 is 0 Å². The molecular weight excluding hydrogens is 234 g/mol. The average molecular weight is 247 g/mol. The van der Waals surface area contributed by atoms with Crippen LogP contribution in [-0.4, -0.2) is 22.6 Å². The third-order valence-electron chi connectivity index (χ3n) is 2.56. The van der Waals surface area contributed by atoms with Gasteiger partial charge in [0.1, 0.15) is 0 Å². The lowest BCUT2D eigenvalue weighted by atomic mass is 10.1. The Morgan fingerprint density at radius 3 is 2.41 bits per heavy atom. The van der Waals surface area contributed by atoms with Crippen molar-refractivity contribution in [2.75, 3.05) is 6.54 Å². The SMILES string of the molecule is CCN1C(=O)SC(=Cc2ccc(C)cc2)C1=O. The fourth-order valence-electron chi connectivity index (χ4n) is 1.59. The molecule has 88 valence electrons. The Kier molecular flexibility index (Phi) is 3.33. The van der Waals surface area contributed by atoms with Crippen LogP contribution in [0.4, 0.5) is 4.79 Å². The van der Waals surface area contributed by atoms with Gasteiger partial charge in [-0.3, -0.25) is 14.5 Å². The maximum atomic E-state index is 11.8. The van der Waals surface area contributed by atoms with Crippen LogP contribution in [0.5, 0.6) is 0 Å². The number of hydrogen-bond donors (Lipinski definition) is 0. The Morgan fingerprint density at radius 1 is 1.24 bits per heavy atom. The number of amides is 2. The number of benzene rings is 1. The summed E-state index contributed by atoms with van der Waals surface area (Å²) in [4.78, 5) is 25.1. The number of carbonyl (C=O) groups is 2. The molecule has 1 fully saturated rings. The summed E-state index contributed by atoms with van der Waals surface area (Å²) in [5.41, 5.74) is 2.11. The van der Waals surface area contributed by atoms with Crippen molar-refractivity contribution in [3.8, 4) is 0 Å². The Labute approximate surface area is 104 Å². The summed E-state index contributed by atoms with van der Waals surface area (Å²) in [6, 6.07) is 7.84. The number of imide groups is 1. The predicted molar refractivity (Wildman–Crippen MR) is 69.5 cm³/mol. The molecule has 0 radical (unpaired) electrons. The van der Waals surface area contributed by atoms with Crippen LogP contribution in [0, 0.1) is 6.92 Å². The fourth-order valence-corrected chi connectivity index (χ4v) is 2.49. The van der Waals surface area contributed by atoms with Gasteiger partial charge in [-0.05, 0) is 37.2 Å². The van der Waals surface area contributed by atoms with Crippen LogP contribution in [0.1, 0.15) is 18.1 Å². The molecule has 0 N–H and O–H groups in total. The van der Waals surface area contributed by atoms with Crippen molar-refractivity contribution in [2.45, 2.75) is 13.8 Å². The molecule has 0 bridgehead atoms. The number of likely N-dealkylation sites (N-methyl/N-ethyl adjacent to an activating group) is 1. The molecule has 2 rings (SSSR count). The first kappa shape index (κ1) is 11.9. The zero-order chi connectivity index (χ0) is 12.4. The highest BCUT2D eigenvalue weighted by atomic mass is 32.2. The highest BCUT2D eigenvalue weighted by Gasteiger charge is 2.33. The zero-order valence-corrected chi connectivity index (χ0v) is 10.6. The van der Waals surface area contributed by atoms with E-state index in [1.165, 1.54) is 10.5 Å². The van der Waals surface area contributed by atoms with E-state index in [0.29, 0.717) is 11.4 Å². The quantitative estimate of drug-likeness (QED) is 0.754. The van der Waals surface area contributed by atoms with Crippen molar-refractivity contribution < 1.29 is 9.59 Å². The van der Waals surface area contributed by atoms with Crippen LogP contribution >= 0.6 is 11.8 Å². The predicted octanol–water partition coefficient (Wildman–Crippen LogP) is 3.05. The van der Waals surface area contributed by atoms with Crippen molar-refractivity contribution in [2.24, 2.45) is 0 Å². The molecule has 0 aromatic heterocycles. The third kappa shape index (κ3) is 2.42. The minimum absolute atomic E-state index is 0.184. The summed E-state index contributed by atoms with van der Waals surface area (Å²) in [6.45, 7) is 4.23. The molecule has 1 saturated heterocycles. The molecule has 0 saturated carbocycles. The first-order chi connectivity index (χ1) is 8.11. The second-order valence-electron chi connectivity index (χ2n) is 3.84. The van der Waals surface area contributed by atoms with Crippen LogP contribution in [0.2, 0.25) is 0 Å². The van der Waals surface area contributed by atoms with E-state index in [2.05, 4.69) is 0 Å². The summed E-state index contributed by atoms with van der Waals surface area (Å²) < 4.78 is 0. The molecular formula is C13H13NO2S.